The van der Waals surface area contributed by atoms with E-state index in [0.29, 0.717) is 23.9 Å². The summed E-state index contributed by atoms with van der Waals surface area (Å²) in [7, 11) is 0. The van der Waals surface area contributed by atoms with Gasteiger partial charge in [-0.3, -0.25) is 0 Å². The van der Waals surface area contributed by atoms with E-state index in [1.165, 1.54) is 12.1 Å². The van der Waals surface area contributed by atoms with E-state index in [9.17, 15) is 17.6 Å². The summed E-state index contributed by atoms with van der Waals surface area (Å²) in [5.41, 5.74) is 1.07. The lowest BCUT2D eigenvalue weighted by atomic mass is 9.75. The largest absolute Gasteiger partial charge is 0.429 e. The molecule has 0 bridgehead atoms. The first-order chi connectivity index (χ1) is 13.4. The molecule has 3 rings (SSSR count). The highest BCUT2D eigenvalue weighted by Gasteiger charge is 2.32. The molecule has 0 aromatic heterocycles. The minimum Gasteiger partial charge on any atom is -0.429 e. The van der Waals surface area contributed by atoms with Gasteiger partial charge in [-0.05, 0) is 68.1 Å². The fourth-order valence-corrected chi connectivity index (χ4v) is 4.30. The van der Waals surface area contributed by atoms with Crippen molar-refractivity contribution in [3.8, 4) is 5.75 Å². The monoisotopic (exact) mass is 398 g/mol. The van der Waals surface area contributed by atoms with Crippen LogP contribution >= 0.6 is 0 Å². The van der Waals surface area contributed by atoms with E-state index < -0.39 is 18.3 Å². The third kappa shape index (κ3) is 5.60. The average Bonchev–Trinajstić information content (AvgIpc) is 2.67. The molecule has 0 amide bonds. The molecule has 2 nitrogen and oxygen atoms in total. The van der Waals surface area contributed by atoms with Crippen LogP contribution in [0.25, 0.3) is 0 Å². The Bertz CT molecular complexity index is 666. The van der Waals surface area contributed by atoms with Crippen molar-refractivity contribution in [1.29, 1.82) is 0 Å². The van der Waals surface area contributed by atoms with Crippen molar-refractivity contribution < 1.29 is 27.0 Å². The van der Waals surface area contributed by atoms with Crippen LogP contribution in [0.15, 0.2) is 49.1 Å². The molecule has 154 valence electrons. The molecule has 1 aliphatic carbocycles. The molecule has 1 aromatic rings. The predicted molar refractivity (Wildman–Crippen MR) is 99.7 cm³/mol. The third-order valence-electron chi connectivity index (χ3n) is 5.86. The Kier molecular flexibility index (Phi) is 6.81. The van der Waals surface area contributed by atoms with Gasteiger partial charge >= 0.3 is 6.11 Å². The van der Waals surface area contributed by atoms with E-state index in [0.717, 1.165) is 50.7 Å². The summed E-state index contributed by atoms with van der Waals surface area (Å²) < 4.78 is 61.0. The van der Waals surface area contributed by atoms with Gasteiger partial charge in [0.2, 0.25) is 0 Å². The van der Waals surface area contributed by atoms with Crippen LogP contribution in [0, 0.1) is 11.8 Å². The van der Waals surface area contributed by atoms with Gasteiger partial charge in [-0.1, -0.05) is 18.2 Å². The van der Waals surface area contributed by atoms with Crippen LogP contribution in [0.2, 0.25) is 0 Å². The number of hydrogen-bond donors (Lipinski definition) is 0. The minimum atomic E-state index is -4.02. The number of halogens is 4. The molecule has 1 aromatic carbocycles. The first-order valence-corrected chi connectivity index (χ1v) is 9.81. The molecule has 1 heterocycles. The summed E-state index contributed by atoms with van der Waals surface area (Å²) in [5.74, 6) is 1.29. The van der Waals surface area contributed by atoms with Gasteiger partial charge in [-0.2, -0.15) is 17.6 Å². The zero-order chi connectivity index (χ0) is 20.1. The van der Waals surface area contributed by atoms with Gasteiger partial charge in [0.05, 0.1) is 18.8 Å². The molecule has 6 heteroatoms. The maximum Gasteiger partial charge on any atom is 0.425 e. The van der Waals surface area contributed by atoms with Crippen molar-refractivity contribution in [2.24, 2.45) is 11.8 Å². The minimum absolute atomic E-state index is 0.132. The Hall–Kier alpha value is -1.82. The van der Waals surface area contributed by atoms with Crippen LogP contribution in [-0.4, -0.2) is 18.8 Å². The summed E-state index contributed by atoms with van der Waals surface area (Å²) in [4.78, 5) is 0. The quantitative estimate of drug-likeness (QED) is 0.392. The second-order valence-electron chi connectivity index (χ2n) is 7.72. The fraction of sp³-hybridized carbons (Fsp3) is 0.545. The average molecular weight is 398 g/mol. The third-order valence-corrected chi connectivity index (χ3v) is 5.86. The van der Waals surface area contributed by atoms with Crippen LogP contribution in [0.3, 0.4) is 0 Å². The Morgan fingerprint density at radius 1 is 1.04 bits per heavy atom. The molecular weight excluding hydrogens is 372 g/mol. The molecule has 2 unspecified atom stereocenters. The normalized spacial score (nSPS) is 28.4. The molecule has 2 fully saturated rings. The number of ether oxygens (including phenoxy) is 2. The van der Waals surface area contributed by atoms with Crippen molar-refractivity contribution in [2.45, 2.75) is 56.7 Å². The number of rotatable bonds is 6. The highest BCUT2D eigenvalue weighted by molar-refractivity contribution is 5.30. The summed E-state index contributed by atoms with van der Waals surface area (Å²) in [5, 5.41) is 0. The second kappa shape index (κ2) is 9.12. The van der Waals surface area contributed by atoms with Gasteiger partial charge in [-0.25, -0.2) is 0 Å². The van der Waals surface area contributed by atoms with E-state index in [4.69, 9.17) is 4.74 Å². The van der Waals surface area contributed by atoms with Crippen molar-refractivity contribution in [3.63, 3.8) is 0 Å². The Labute approximate surface area is 163 Å². The molecule has 0 N–H and O–H groups in total. The van der Waals surface area contributed by atoms with Gasteiger partial charge in [0.15, 0.2) is 0 Å². The molecule has 28 heavy (non-hydrogen) atoms. The first-order valence-electron chi connectivity index (χ1n) is 9.81. The van der Waals surface area contributed by atoms with E-state index in [2.05, 4.69) is 11.3 Å². The SMILES string of the molecule is C=CC1CCC(C2CCC(c3ccc(OC(F)(F)C=C(F)F)cc3)CC2)OC1. The lowest BCUT2D eigenvalue weighted by molar-refractivity contribution is -0.133. The van der Waals surface area contributed by atoms with Gasteiger partial charge in [0, 0.05) is 5.92 Å². The van der Waals surface area contributed by atoms with Crippen LogP contribution < -0.4 is 4.74 Å². The lowest BCUT2D eigenvalue weighted by Crippen LogP contribution is -2.33. The highest BCUT2D eigenvalue weighted by atomic mass is 19.3. The zero-order valence-electron chi connectivity index (χ0n) is 15.8. The molecule has 2 atom stereocenters. The maximum atomic E-state index is 13.3. The number of benzene rings is 1. The smallest absolute Gasteiger partial charge is 0.425 e. The molecular formula is C22H26F4O2. The van der Waals surface area contributed by atoms with E-state index >= 15 is 0 Å². The molecule has 2 aliphatic rings. The van der Waals surface area contributed by atoms with Crippen molar-refractivity contribution in [3.05, 3.63) is 54.6 Å². The first kappa shape index (κ1) is 20.9. The highest BCUT2D eigenvalue weighted by Crippen LogP contribution is 2.40. The topological polar surface area (TPSA) is 18.5 Å². The van der Waals surface area contributed by atoms with Gasteiger partial charge < -0.3 is 9.47 Å². The summed E-state index contributed by atoms with van der Waals surface area (Å²) in [6.45, 7) is 4.60. The second-order valence-corrected chi connectivity index (χ2v) is 7.72. The molecule has 1 saturated carbocycles. The lowest BCUT2D eigenvalue weighted by Gasteiger charge is -2.37. The van der Waals surface area contributed by atoms with Crippen LogP contribution in [0.5, 0.6) is 5.75 Å². The predicted octanol–water partition coefficient (Wildman–Crippen LogP) is 6.69. The Morgan fingerprint density at radius 3 is 2.25 bits per heavy atom. The van der Waals surface area contributed by atoms with Gasteiger partial charge in [0.25, 0.3) is 6.08 Å². The Morgan fingerprint density at radius 2 is 1.71 bits per heavy atom. The molecule has 1 saturated heterocycles. The zero-order valence-corrected chi connectivity index (χ0v) is 15.8. The van der Waals surface area contributed by atoms with E-state index in [1.807, 2.05) is 6.08 Å². The molecule has 1 aliphatic heterocycles. The van der Waals surface area contributed by atoms with Crippen LogP contribution in [0.4, 0.5) is 17.6 Å². The van der Waals surface area contributed by atoms with Crippen LogP contribution in [0.1, 0.15) is 50.0 Å². The fourth-order valence-electron chi connectivity index (χ4n) is 4.30. The van der Waals surface area contributed by atoms with Gasteiger partial charge in [-0.15, -0.1) is 6.58 Å². The van der Waals surface area contributed by atoms with Crippen molar-refractivity contribution >= 4 is 0 Å². The molecule has 0 radical (unpaired) electrons. The van der Waals surface area contributed by atoms with Crippen LogP contribution in [-0.2, 0) is 4.74 Å². The summed E-state index contributed by atoms with van der Waals surface area (Å²) >= 11 is 0. The summed E-state index contributed by atoms with van der Waals surface area (Å²) in [6.07, 6.45) is 1.77. The Balaban J connectivity index is 1.51. The van der Waals surface area contributed by atoms with Gasteiger partial charge in [0.1, 0.15) is 5.75 Å². The van der Waals surface area contributed by atoms with Crippen molar-refractivity contribution in [2.75, 3.05) is 6.61 Å². The van der Waals surface area contributed by atoms with E-state index in [-0.39, 0.29) is 5.75 Å². The van der Waals surface area contributed by atoms with E-state index in [1.54, 1.807) is 12.1 Å². The maximum absolute atomic E-state index is 13.3. The summed E-state index contributed by atoms with van der Waals surface area (Å²) in [6, 6.07) is 6.33. The standard InChI is InChI=1S/C22H26F4O2/c1-2-15-3-12-20(27-14-15)18-6-4-16(5-7-18)17-8-10-19(11-9-17)28-22(25,26)13-21(23)24/h2,8-11,13,15-16,18,20H,1,3-7,12,14H2. The number of hydrogen-bond acceptors (Lipinski definition) is 2. The van der Waals surface area contributed by atoms with Crippen molar-refractivity contribution in [1.82, 2.24) is 0 Å². The number of alkyl halides is 2. The molecule has 0 spiro atoms.